The number of carbonyl (C=O) groups excluding carboxylic acids is 1. The Morgan fingerprint density at radius 3 is 1.84 bits per heavy atom. The maximum Gasteiger partial charge on any atom is 0.0827 e. The Bertz CT molecular complexity index is 333. The number of aliphatic carboxylic acids is 1. The number of carbonyl (C=O) groups is 1. The maximum absolute atomic E-state index is 8.89. The Labute approximate surface area is 117 Å². The standard InChI is InChI=1S/C14H24N.C2H4O2/c1-4-15(5-2,6-3)13-12-14-10-8-7-9-11-14;1-2(3)4/h7-11H,4-6,12-13H2,1-3H3;1H3,(H,3,4)/q+1;/p-1. The number of hydrogen-bond donors (Lipinski definition) is 0. The summed E-state index contributed by atoms with van der Waals surface area (Å²) in [7, 11) is 0. The highest BCUT2D eigenvalue weighted by atomic mass is 16.4. The molecule has 0 heterocycles. The lowest BCUT2D eigenvalue weighted by Crippen LogP contribution is -2.48. The average molecular weight is 265 g/mol. The number of likely N-dealkylation sites (N-methyl/N-ethyl adjacent to an activating group) is 1. The van der Waals surface area contributed by atoms with Crippen molar-refractivity contribution in [1.82, 2.24) is 0 Å². The monoisotopic (exact) mass is 265 g/mol. The second-order valence-electron chi connectivity index (χ2n) is 4.74. The van der Waals surface area contributed by atoms with Crippen molar-refractivity contribution in [3.8, 4) is 0 Å². The highest BCUT2D eigenvalue weighted by molar-refractivity contribution is 5.60. The molecule has 0 bridgehead atoms. The van der Waals surface area contributed by atoms with E-state index in [1.807, 2.05) is 0 Å². The van der Waals surface area contributed by atoms with Crippen molar-refractivity contribution in [3.05, 3.63) is 35.9 Å². The van der Waals surface area contributed by atoms with E-state index in [4.69, 9.17) is 9.90 Å². The summed E-state index contributed by atoms with van der Waals surface area (Å²) in [6.45, 7) is 12.9. The first-order valence-electron chi connectivity index (χ1n) is 7.06. The number of quaternary nitrogens is 1. The first kappa shape index (κ1) is 17.6. The van der Waals surface area contributed by atoms with Crippen molar-refractivity contribution < 1.29 is 14.4 Å². The van der Waals surface area contributed by atoms with Crippen LogP contribution in [0.4, 0.5) is 0 Å². The summed E-state index contributed by atoms with van der Waals surface area (Å²) in [6.07, 6.45) is 1.20. The largest absolute Gasteiger partial charge is 0.550 e. The molecule has 1 rings (SSSR count). The summed E-state index contributed by atoms with van der Waals surface area (Å²) in [5.74, 6) is -1.08. The van der Waals surface area contributed by atoms with Crippen molar-refractivity contribution in [1.29, 1.82) is 0 Å². The molecule has 0 atom stereocenters. The smallest absolute Gasteiger partial charge is 0.0827 e. The Morgan fingerprint density at radius 2 is 1.47 bits per heavy atom. The first-order valence-corrected chi connectivity index (χ1v) is 7.06. The second-order valence-corrected chi connectivity index (χ2v) is 4.74. The Hall–Kier alpha value is -1.35. The topological polar surface area (TPSA) is 40.1 Å². The Kier molecular flexibility index (Phi) is 8.88. The van der Waals surface area contributed by atoms with Gasteiger partial charge in [0, 0.05) is 12.4 Å². The predicted molar refractivity (Wildman–Crippen MR) is 77.6 cm³/mol. The SMILES string of the molecule is CC(=O)[O-].CC[N+](CC)(CC)CCc1ccccc1. The molecule has 0 radical (unpaired) electrons. The van der Waals surface area contributed by atoms with Crippen LogP contribution in [0.2, 0.25) is 0 Å². The van der Waals surface area contributed by atoms with Crippen LogP contribution in [0.15, 0.2) is 30.3 Å². The minimum atomic E-state index is -1.08. The van der Waals surface area contributed by atoms with Crippen molar-refractivity contribution in [2.75, 3.05) is 26.2 Å². The first-order chi connectivity index (χ1) is 8.99. The van der Waals surface area contributed by atoms with Crippen LogP contribution < -0.4 is 5.11 Å². The van der Waals surface area contributed by atoms with E-state index >= 15 is 0 Å². The fourth-order valence-electron chi connectivity index (χ4n) is 2.16. The fraction of sp³-hybridized carbons (Fsp3) is 0.562. The molecule has 3 nitrogen and oxygen atoms in total. The van der Waals surface area contributed by atoms with E-state index in [9.17, 15) is 0 Å². The molecule has 108 valence electrons. The van der Waals surface area contributed by atoms with Gasteiger partial charge in [0.1, 0.15) is 0 Å². The molecule has 1 aromatic carbocycles. The molecule has 0 saturated carbocycles. The van der Waals surface area contributed by atoms with Crippen molar-refractivity contribution in [3.63, 3.8) is 0 Å². The van der Waals surface area contributed by atoms with E-state index in [1.54, 1.807) is 0 Å². The van der Waals surface area contributed by atoms with E-state index in [0.717, 1.165) is 6.92 Å². The normalized spacial score (nSPS) is 10.5. The van der Waals surface area contributed by atoms with Crippen LogP contribution >= 0.6 is 0 Å². The van der Waals surface area contributed by atoms with Crippen LogP contribution in [-0.4, -0.2) is 36.6 Å². The molecule has 0 unspecified atom stereocenters. The van der Waals surface area contributed by atoms with Crippen molar-refractivity contribution in [2.24, 2.45) is 0 Å². The van der Waals surface area contributed by atoms with Gasteiger partial charge in [0.15, 0.2) is 0 Å². The molecule has 0 aromatic heterocycles. The number of rotatable bonds is 6. The van der Waals surface area contributed by atoms with Gasteiger partial charge < -0.3 is 14.4 Å². The number of hydrogen-bond acceptors (Lipinski definition) is 2. The van der Waals surface area contributed by atoms with Crippen LogP contribution in [-0.2, 0) is 11.2 Å². The molecule has 3 heteroatoms. The lowest BCUT2D eigenvalue weighted by Gasteiger charge is -2.35. The molecule has 19 heavy (non-hydrogen) atoms. The summed E-state index contributed by atoms with van der Waals surface area (Å²) in [4.78, 5) is 8.89. The lowest BCUT2D eigenvalue weighted by atomic mass is 10.1. The Morgan fingerprint density at radius 1 is 1.05 bits per heavy atom. The highest BCUT2D eigenvalue weighted by Crippen LogP contribution is 2.09. The number of nitrogens with zero attached hydrogens (tertiary/aromatic N) is 1. The van der Waals surface area contributed by atoms with Gasteiger partial charge in [-0.2, -0.15) is 0 Å². The molecule has 0 aliphatic rings. The van der Waals surface area contributed by atoms with Gasteiger partial charge in [0.25, 0.3) is 0 Å². The van der Waals surface area contributed by atoms with Crippen LogP contribution in [0.25, 0.3) is 0 Å². The summed E-state index contributed by atoms with van der Waals surface area (Å²) < 4.78 is 1.24. The van der Waals surface area contributed by atoms with Gasteiger partial charge in [-0.05, 0) is 33.3 Å². The molecular weight excluding hydrogens is 238 g/mol. The van der Waals surface area contributed by atoms with Crippen molar-refractivity contribution >= 4 is 5.97 Å². The van der Waals surface area contributed by atoms with Gasteiger partial charge in [0.05, 0.1) is 26.2 Å². The van der Waals surface area contributed by atoms with Crippen LogP contribution in [0.5, 0.6) is 0 Å². The molecule has 0 spiro atoms. The summed E-state index contributed by atoms with van der Waals surface area (Å²) in [6, 6.07) is 10.8. The molecule has 0 N–H and O–H groups in total. The van der Waals surface area contributed by atoms with Gasteiger partial charge in [-0.25, -0.2) is 0 Å². The number of carboxylic acid groups (broad SMARTS) is 1. The van der Waals surface area contributed by atoms with E-state index in [1.165, 1.54) is 42.6 Å². The minimum Gasteiger partial charge on any atom is -0.550 e. The van der Waals surface area contributed by atoms with E-state index in [-0.39, 0.29) is 0 Å². The third-order valence-electron chi connectivity index (χ3n) is 3.73. The van der Waals surface area contributed by atoms with Crippen molar-refractivity contribution in [2.45, 2.75) is 34.1 Å². The maximum atomic E-state index is 8.89. The molecule has 0 aliphatic heterocycles. The van der Waals surface area contributed by atoms with Gasteiger partial charge in [-0.1, -0.05) is 30.3 Å². The molecule has 0 amide bonds. The summed E-state index contributed by atoms with van der Waals surface area (Å²) in [5, 5.41) is 8.89. The van der Waals surface area contributed by atoms with E-state index in [0.29, 0.717) is 0 Å². The zero-order valence-electron chi connectivity index (χ0n) is 12.7. The minimum absolute atomic E-state index is 0.972. The van der Waals surface area contributed by atoms with E-state index < -0.39 is 5.97 Å². The molecule has 0 fully saturated rings. The average Bonchev–Trinajstić information content (AvgIpc) is 2.42. The second kappa shape index (κ2) is 9.56. The van der Waals surface area contributed by atoms with Gasteiger partial charge >= 0.3 is 0 Å². The zero-order chi connectivity index (χ0) is 14.7. The van der Waals surface area contributed by atoms with Crippen LogP contribution in [0.1, 0.15) is 33.3 Å². The number of carboxylic acids is 1. The molecule has 0 saturated heterocycles. The quantitative estimate of drug-likeness (QED) is 0.737. The Balaban J connectivity index is 0.000000711. The van der Waals surface area contributed by atoms with Gasteiger partial charge in [0.2, 0.25) is 0 Å². The third-order valence-corrected chi connectivity index (χ3v) is 3.73. The molecule has 1 aromatic rings. The highest BCUT2D eigenvalue weighted by Gasteiger charge is 2.19. The van der Waals surface area contributed by atoms with Gasteiger partial charge in [-0.15, -0.1) is 0 Å². The number of benzene rings is 1. The van der Waals surface area contributed by atoms with E-state index in [2.05, 4.69) is 51.1 Å². The summed E-state index contributed by atoms with van der Waals surface area (Å²) in [5.41, 5.74) is 1.47. The third kappa shape index (κ3) is 7.62. The molecule has 0 aliphatic carbocycles. The molecular formula is C16H27NO2. The lowest BCUT2D eigenvalue weighted by molar-refractivity contribution is -0.923. The van der Waals surface area contributed by atoms with Crippen LogP contribution in [0, 0.1) is 0 Å². The van der Waals surface area contributed by atoms with Gasteiger partial charge in [-0.3, -0.25) is 0 Å². The fourth-order valence-corrected chi connectivity index (χ4v) is 2.16. The zero-order valence-corrected chi connectivity index (χ0v) is 12.7. The van der Waals surface area contributed by atoms with Crippen LogP contribution in [0.3, 0.4) is 0 Å². The predicted octanol–water partition coefficient (Wildman–Crippen LogP) is 1.86. The summed E-state index contributed by atoms with van der Waals surface area (Å²) >= 11 is 0.